The molecule has 3 rings (SSSR count). The summed E-state index contributed by atoms with van der Waals surface area (Å²) in [5, 5.41) is 0.678. The van der Waals surface area contributed by atoms with E-state index in [9.17, 15) is 13.2 Å². The molecule has 0 aliphatic carbocycles. The predicted molar refractivity (Wildman–Crippen MR) is 83.9 cm³/mol. The number of aromatic amines is 1. The summed E-state index contributed by atoms with van der Waals surface area (Å²) in [5.74, 6) is 0.144. The molecule has 0 bridgehead atoms. The lowest BCUT2D eigenvalue weighted by atomic mass is 10.2. The van der Waals surface area contributed by atoms with Crippen LogP contribution in [0.4, 0.5) is 13.2 Å². The van der Waals surface area contributed by atoms with E-state index in [2.05, 4.69) is 19.9 Å². The molecule has 10 heteroatoms. The Balaban J connectivity index is 2.28. The second-order valence-corrected chi connectivity index (χ2v) is 6.08. The van der Waals surface area contributed by atoms with Gasteiger partial charge in [-0.05, 0) is 24.5 Å². The van der Waals surface area contributed by atoms with Gasteiger partial charge in [0, 0.05) is 10.6 Å². The fourth-order valence-electron chi connectivity index (χ4n) is 1.98. The molecule has 0 aliphatic heterocycles. The molecule has 0 saturated heterocycles. The van der Waals surface area contributed by atoms with Crippen molar-refractivity contribution in [3.8, 4) is 11.4 Å². The number of rotatable bonds is 2. The number of fused-ring (bicyclic) bond motifs is 1. The highest BCUT2D eigenvalue weighted by Crippen LogP contribution is 2.35. The molecule has 0 aliphatic rings. The zero-order chi connectivity index (χ0) is 16.8. The Morgan fingerprint density at radius 1 is 1.13 bits per heavy atom. The summed E-state index contributed by atoms with van der Waals surface area (Å²) in [6.07, 6.45) is -3.05. The van der Waals surface area contributed by atoms with E-state index in [0.29, 0.717) is 15.6 Å². The SMILES string of the molecule is CSc1nc(C(F)(F)F)c2[nH]c(-c3cc(Cl)ccc3Cl)nc2n1. The molecular weight excluding hydrogens is 372 g/mol. The maximum absolute atomic E-state index is 13.2. The van der Waals surface area contributed by atoms with Crippen LogP contribution in [0.1, 0.15) is 5.69 Å². The molecule has 0 amide bonds. The Labute approximate surface area is 142 Å². The predicted octanol–water partition coefficient (Wildman–Crippen LogP) is 5.07. The summed E-state index contributed by atoms with van der Waals surface area (Å²) in [6.45, 7) is 0. The van der Waals surface area contributed by atoms with Crippen LogP contribution in [0.15, 0.2) is 23.4 Å². The maximum atomic E-state index is 13.2. The minimum Gasteiger partial charge on any atom is -0.335 e. The zero-order valence-electron chi connectivity index (χ0n) is 11.4. The van der Waals surface area contributed by atoms with Gasteiger partial charge in [-0.3, -0.25) is 0 Å². The first kappa shape index (κ1) is 16.4. The van der Waals surface area contributed by atoms with E-state index in [1.165, 1.54) is 12.1 Å². The number of alkyl halides is 3. The van der Waals surface area contributed by atoms with Gasteiger partial charge < -0.3 is 4.98 Å². The van der Waals surface area contributed by atoms with Crippen molar-refractivity contribution in [1.29, 1.82) is 0 Å². The number of nitrogens with one attached hydrogen (secondary N) is 1. The third kappa shape index (κ3) is 3.11. The van der Waals surface area contributed by atoms with Crippen molar-refractivity contribution in [2.24, 2.45) is 0 Å². The maximum Gasteiger partial charge on any atom is 0.435 e. The van der Waals surface area contributed by atoms with Crippen LogP contribution < -0.4 is 0 Å². The Morgan fingerprint density at radius 3 is 2.52 bits per heavy atom. The molecule has 0 spiro atoms. The molecule has 0 unspecified atom stereocenters. The number of H-pyrrole nitrogens is 1. The first-order valence-electron chi connectivity index (χ1n) is 6.14. The van der Waals surface area contributed by atoms with Gasteiger partial charge in [0.1, 0.15) is 11.3 Å². The van der Waals surface area contributed by atoms with E-state index in [1.807, 2.05) is 0 Å². The summed E-state index contributed by atoms with van der Waals surface area (Å²) in [6, 6.07) is 4.62. The highest BCUT2D eigenvalue weighted by molar-refractivity contribution is 7.98. The lowest BCUT2D eigenvalue weighted by Gasteiger charge is -2.07. The van der Waals surface area contributed by atoms with Crippen LogP contribution in [-0.2, 0) is 6.18 Å². The van der Waals surface area contributed by atoms with Crippen molar-refractivity contribution in [3.63, 3.8) is 0 Å². The molecular formula is C13H7Cl2F3N4S. The van der Waals surface area contributed by atoms with E-state index in [0.717, 1.165) is 11.8 Å². The van der Waals surface area contributed by atoms with Crippen molar-refractivity contribution < 1.29 is 13.2 Å². The van der Waals surface area contributed by atoms with Crippen molar-refractivity contribution in [2.75, 3.05) is 6.26 Å². The second-order valence-electron chi connectivity index (χ2n) is 4.46. The van der Waals surface area contributed by atoms with Crippen LogP contribution in [0.25, 0.3) is 22.6 Å². The fourth-order valence-corrected chi connectivity index (χ4v) is 2.72. The lowest BCUT2D eigenvalue weighted by molar-refractivity contribution is -0.140. The van der Waals surface area contributed by atoms with Crippen LogP contribution in [0.3, 0.4) is 0 Å². The number of halogens is 5. The van der Waals surface area contributed by atoms with Crippen molar-refractivity contribution in [2.45, 2.75) is 11.3 Å². The average molecular weight is 379 g/mol. The molecule has 0 fully saturated rings. The highest BCUT2D eigenvalue weighted by Gasteiger charge is 2.37. The Morgan fingerprint density at radius 2 is 1.87 bits per heavy atom. The van der Waals surface area contributed by atoms with E-state index >= 15 is 0 Å². The third-order valence-corrected chi connectivity index (χ3v) is 4.08. The van der Waals surface area contributed by atoms with Crippen molar-refractivity contribution in [1.82, 2.24) is 19.9 Å². The van der Waals surface area contributed by atoms with Gasteiger partial charge in [0.2, 0.25) is 0 Å². The van der Waals surface area contributed by atoms with Crippen LogP contribution in [0.2, 0.25) is 10.0 Å². The van der Waals surface area contributed by atoms with Gasteiger partial charge in [-0.1, -0.05) is 35.0 Å². The molecule has 1 N–H and O–H groups in total. The Kier molecular flexibility index (Phi) is 4.16. The Bertz CT molecular complexity index is 895. The molecule has 0 radical (unpaired) electrons. The Hall–Kier alpha value is -1.51. The minimum atomic E-state index is -4.63. The number of imidazole rings is 1. The van der Waals surface area contributed by atoms with Crippen molar-refractivity contribution >= 4 is 46.1 Å². The first-order valence-corrected chi connectivity index (χ1v) is 8.12. The third-order valence-electron chi connectivity index (χ3n) is 2.97. The van der Waals surface area contributed by atoms with E-state index in [1.54, 1.807) is 12.3 Å². The van der Waals surface area contributed by atoms with Gasteiger partial charge in [-0.25, -0.2) is 15.0 Å². The summed E-state index contributed by atoms with van der Waals surface area (Å²) in [4.78, 5) is 14.2. The zero-order valence-corrected chi connectivity index (χ0v) is 13.7. The summed E-state index contributed by atoms with van der Waals surface area (Å²) < 4.78 is 39.6. The van der Waals surface area contributed by atoms with E-state index in [-0.39, 0.29) is 22.1 Å². The number of benzene rings is 1. The molecule has 23 heavy (non-hydrogen) atoms. The van der Waals surface area contributed by atoms with Crippen molar-refractivity contribution in [3.05, 3.63) is 33.9 Å². The lowest BCUT2D eigenvalue weighted by Crippen LogP contribution is -2.10. The van der Waals surface area contributed by atoms with Crippen LogP contribution >= 0.6 is 35.0 Å². The summed E-state index contributed by atoms with van der Waals surface area (Å²) >= 11 is 13.0. The van der Waals surface area contributed by atoms with E-state index < -0.39 is 11.9 Å². The number of aromatic nitrogens is 4. The number of hydrogen-bond acceptors (Lipinski definition) is 4. The van der Waals surface area contributed by atoms with Gasteiger partial charge in [-0.15, -0.1) is 0 Å². The summed E-state index contributed by atoms with van der Waals surface area (Å²) in [7, 11) is 0. The van der Waals surface area contributed by atoms with Gasteiger partial charge >= 0.3 is 6.18 Å². The molecule has 0 saturated carbocycles. The molecule has 3 aromatic rings. The smallest absolute Gasteiger partial charge is 0.335 e. The van der Waals surface area contributed by atoms with Crippen LogP contribution in [0.5, 0.6) is 0 Å². The standard InChI is InChI=1S/C13H7Cl2F3N4S/c1-23-12-20-9(13(16,17)18)8-11(22-12)21-10(19-8)6-4-5(14)2-3-7(6)15/h2-4H,1H3,(H,19,20,21,22). The van der Waals surface area contributed by atoms with Gasteiger partial charge in [-0.2, -0.15) is 13.2 Å². The molecule has 0 atom stereocenters. The molecule has 4 nitrogen and oxygen atoms in total. The highest BCUT2D eigenvalue weighted by atomic mass is 35.5. The molecule has 2 aromatic heterocycles. The normalized spacial score (nSPS) is 12.1. The minimum absolute atomic E-state index is 0.0138. The quantitative estimate of drug-likeness (QED) is 0.499. The van der Waals surface area contributed by atoms with Crippen LogP contribution in [-0.4, -0.2) is 26.2 Å². The topological polar surface area (TPSA) is 54.5 Å². The largest absolute Gasteiger partial charge is 0.435 e. The number of thioether (sulfide) groups is 1. The van der Waals surface area contributed by atoms with Crippen LogP contribution in [0, 0.1) is 0 Å². The monoisotopic (exact) mass is 378 g/mol. The molecule has 120 valence electrons. The van der Waals surface area contributed by atoms with E-state index in [4.69, 9.17) is 23.2 Å². The summed E-state index contributed by atoms with van der Waals surface area (Å²) in [5.41, 5.74) is -1.05. The van der Waals surface area contributed by atoms with Gasteiger partial charge in [0.15, 0.2) is 16.5 Å². The number of nitrogens with zero attached hydrogens (tertiary/aromatic N) is 3. The first-order chi connectivity index (χ1) is 10.8. The molecule has 2 heterocycles. The van der Waals surface area contributed by atoms with Gasteiger partial charge in [0.25, 0.3) is 0 Å². The average Bonchev–Trinajstić information content (AvgIpc) is 2.91. The fraction of sp³-hybridized carbons (Fsp3) is 0.154. The second kappa shape index (κ2) is 5.85. The number of hydrogen-bond donors (Lipinski definition) is 1. The molecule has 1 aromatic carbocycles. The van der Waals surface area contributed by atoms with Gasteiger partial charge in [0.05, 0.1) is 5.02 Å².